The minimum absolute atomic E-state index is 0.213. The molecule has 1 fully saturated rings. The van der Waals surface area contributed by atoms with Crippen molar-refractivity contribution in [2.24, 2.45) is 0 Å². The molecule has 1 heterocycles. The lowest BCUT2D eigenvalue weighted by Gasteiger charge is -2.28. The second-order valence-electron chi connectivity index (χ2n) is 4.53. The van der Waals surface area contributed by atoms with Gasteiger partial charge in [0.2, 0.25) is 0 Å². The van der Waals surface area contributed by atoms with Crippen molar-refractivity contribution in [3.05, 3.63) is 24.3 Å². The smallest absolute Gasteiger partial charge is 0.169 e. The van der Waals surface area contributed by atoms with Crippen LogP contribution in [-0.4, -0.2) is 12.3 Å². The Morgan fingerprint density at radius 3 is 2.73 bits per heavy atom. The lowest BCUT2D eigenvalue weighted by atomic mass is 10.2. The number of para-hydroxylation sites is 2. The zero-order chi connectivity index (χ0) is 10.3. The van der Waals surface area contributed by atoms with E-state index in [2.05, 4.69) is 30.0 Å². The molecule has 0 amide bonds. The van der Waals surface area contributed by atoms with E-state index in [0.717, 1.165) is 5.75 Å². The minimum atomic E-state index is 0.213. The Labute approximate surface area is 90.8 Å². The Bertz CT molecular complexity index is 357. The molecule has 3 rings (SSSR count). The topological polar surface area (TPSA) is 12.5 Å². The van der Waals surface area contributed by atoms with Gasteiger partial charge >= 0.3 is 0 Å². The van der Waals surface area contributed by atoms with Crippen molar-refractivity contribution in [3.63, 3.8) is 0 Å². The van der Waals surface area contributed by atoms with Crippen LogP contribution in [-0.2, 0) is 0 Å². The molecule has 1 aliphatic heterocycles. The third-order valence-corrected chi connectivity index (χ3v) is 3.55. The van der Waals surface area contributed by atoms with Crippen molar-refractivity contribution in [3.8, 4) is 5.75 Å². The first-order valence-electron chi connectivity index (χ1n) is 5.90. The Hall–Kier alpha value is -1.18. The summed E-state index contributed by atoms with van der Waals surface area (Å²) in [6.45, 7) is 2.15. The van der Waals surface area contributed by atoms with Crippen molar-refractivity contribution in [2.45, 2.75) is 44.9 Å². The Morgan fingerprint density at radius 1 is 1.20 bits per heavy atom. The zero-order valence-corrected chi connectivity index (χ0v) is 9.15. The predicted molar refractivity (Wildman–Crippen MR) is 61.3 cm³/mol. The first-order valence-corrected chi connectivity index (χ1v) is 5.90. The van der Waals surface area contributed by atoms with Crippen LogP contribution in [0.25, 0.3) is 0 Å². The maximum absolute atomic E-state index is 5.86. The Kier molecular flexibility index (Phi) is 2.08. The second kappa shape index (κ2) is 3.44. The number of hydrogen-bond acceptors (Lipinski definition) is 2. The molecule has 15 heavy (non-hydrogen) atoms. The lowest BCUT2D eigenvalue weighted by molar-refractivity contribution is 0.233. The Balaban J connectivity index is 1.94. The number of ether oxygens (including phenoxy) is 1. The van der Waals surface area contributed by atoms with Gasteiger partial charge in [-0.25, -0.2) is 0 Å². The average Bonchev–Trinajstić information content (AvgIpc) is 2.82. The van der Waals surface area contributed by atoms with Gasteiger partial charge in [-0.3, -0.25) is 0 Å². The summed E-state index contributed by atoms with van der Waals surface area (Å²) in [6, 6.07) is 9.09. The van der Waals surface area contributed by atoms with E-state index in [1.165, 1.54) is 31.4 Å². The summed E-state index contributed by atoms with van der Waals surface area (Å²) >= 11 is 0. The van der Waals surface area contributed by atoms with Gasteiger partial charge in [0.05, 0.1) is 5.69 Å². The summed E-state index contributed by atoms with van der Waals surface area (Å²) in [5.74, 6) is 1.05. The molecular weight excluding hydrogens is 186 g/mol. The van der Waals surface area contributed by atoms with Gasteiger partial charge in [0.15, 0.2) is 6.23 Å². The number of rotatable bonds is 1. The molecule has 0 saturated heterocycles. The summed E-state index contributed by atoms with van der Waals surface area (Å²) in [5.41, 5.74) is 1.29. The molecule has 1 atom stereocenters. The van der Waals surface area contributed by atoms with Crippen LogP contribution in [0.1, 0.15) is 32.6 Å². The largest absolute Gasteiger partial charge is 0.469 e. The molecule has 1 aromatic rings. The number of benzene rings is 1. The number of nitrogens with zero attached hydrogens (tertiary/aromatic N) is 1. The highest BCUT2D eigenvalue weighted by atomic mass is 16.5. The van der Waals surface area contributed by atoms with Gasteiger partial charge < -0.3 is 9.64 Å². The van der Waals surface area contributed by atoms with Crippen molar-refractivity contribution in [1.82, 2.24) is 0 Å². The zero-order valence-electron chi connectivity index (χ0n) is 9.15. The molecule has 0 bridgehead atoms. The lowest BCUT2D eigenvalue weighted by Crippen LogP contribution is -2.39. The minimum Gasteiger partial charge on any atom is -0.469 e. The fraction of sp³-hybridized carbons (Fsp3) is 0.538. The van der Waals surface area contributed by atoms with Gasteiger partial charge in [-0.2, -0.15) is 0 Å². The summed E-state index contributed by atoms with van der Waals surface area (Å²) in [5, 5.41) is 0. The molecule has 2 heteroatoms. The predicted octanol–water partition coefficient (Wildman–Crippen LogP) is 3.17. The summed E-state index contributed by atoms with van der Waals surface area (Å²) < 4.78 is 5.86. The molecule has 0 N–H and O–H groups in total. The highest BCUT2D eigenvalue weighted by Crippen LogP contribution is 2.41. The molecule has 0 spiro atoms. The van der Waals surface area contributed by atoms with Crippen molar-refractivity contribution in [1.29, 1.82) is 0 Å². The van der Waals surface area contributed by atoms with Gasteiger partial charge in [0, 0.05) is 6.04 Å². The summed E-state index contributed by atoms with van der Waals surface area (Å²) in [4.78, 5) is 2.46. The number of hydrogen-bond donors (Lipinski definition) is 0. The first-order chi connectivity index (χ1) is 7.36. The molecular formula is C13H17NO. The molecule has 2 aliphatic rings. The van der Waals surface area contributed by atoms with E-state index in [9.17, 15) is 0 Å². The van der Waals surface area contributed by atoms with Crippen LogP contribution < -0.4 is 9.64 Å². The molecule has 0 aromatic heterocycles. The van der Waals surface area contributed by atoms with E-state index in [-0.39, 0.29) is 6.23 Å². The standard InChI is InChI=1S/C13H17NO/c1-10-14(11-6-2-3-7-11)12-8-4-5-9-13(12)15-10/h4-5,8-11H,2-3,6-7H2,1H3. The van der Waals surface area contributed by atoms with E-state index in [0.29, 0.717) is 6.04 Å². The van der Waals surface area contributed by atoms with Gasteiger partial charge in [-0.05, 0) is 31.9 Å². The van der Waals surface area contributed by atoms with Crippen molar-refractivity contribution in [2.75, 3.05) is 4.90 Å². The fourth-order valence-electron chi connectivity index (χ4n) is 2.88. The number of anilines is 1. The Morgan fingerprint density at radius 2 is 1.93 bits per heavy atom. The van der Waals surface area contributed by atoms with E-state index in [1.807, 2.05) is 6.07 Å². The monoisotopic (exact) mass is 203 g/mol. The highest BCUT2D eigenvalue weighted by Gasteiger charge is 2.33. The molecule has 1 aromatic carbocycles. The van der Waals surface area contributed by atoms with Crippen LogP contribution in [0.15, 0.2) is 24.3 Å². The van der Waals surface area contributed by atoms with Crippen LogP contribution in [0.3, 0.4) is 0 Å². The van der Waals surface area contributed by atoms with Crippen LogP contribution >= 0.6 is 0 Å². The number of fused-ring (bicyclic) bond motifs is 1. The first kappa shape index (κ1) is 9.08. The summed E-state index contributed by atoms with van der Waals surface area (Å²) in [7, 11) is 0. The molecule has 1 saturated carbocycles. The second-order valence-corrected chi connectivity index (χ2v) is 4.53. The quantitative estimate of drug-likeness (QED) is 0.695. The molecule has 2 nitrogen and oxygen atoms in total. The van der Waals surface area contributed by atoms with Crippen LogP contribution in [0, 0.1) is 0 Å². The molecule has 1 unspecified atom stereocenters. The van der Waals surface area contributed by atoms with Gasteiger partial charge in [-0.15, -0.1) is 0 Å². The maximum Gasteiger partial charge on any atom is 0.169 e. The van der Waals surface area contributed by atoms with Gasteiger partial charge in [0.25, 0.3) is 0 Å². The third kappa shape index (κ3) is 1.39. The molecule has 80 valence electrons. The van der Waals surface area contributed by atoms with E-state index in [1.54, 1.807) is 0 Å². The van der Waals surface area contributed by atoms with Crippen molar-refractivity contribution >= 4 is 5.69 Å². The summed E-state index contributed by atoms with van der Waals surface area (Å²) in [6.07, 6.45) is 5.60. The van der Waals surface area contributed by atoms with Crippen molar-refractivity contribution < 1.29 is 4.74 Å². The van der Waals surface area contributed by atoms with E-state index >= 15 is 0 Å². The molecule has 0 radical (unpaired) electrons. The maximum atomic E-state index is 5.86. The van der Waals surface area contributed by atoms with Crippen LogP contribution in [0.5, 0.6) is 5.75 Å². The SMILES string of the molecule is CC1Oc2ccccc2N1C1CCCC1. The van der Waals surface area contributed by atoms with Gasteiger partial charge in [-0.1, -0.05) is 25.0 Å². The molecule has 1 aliphatic carbocycles. The average molecular weight is 203 g/mol. The van der Waals surface area contributed by atoms with Crippen LogP contribution in [0.4, 0.5) is 5.69 Å². The fourth-order valence-corrected chi connectivity index (χ4v) is 2.88. The normalized spacial score (nSPS) is 25.4. The van der Waals surface area contributed by atoms with Crippen LogP contribution in [0.2, 0.25) is 0 Å². The van der Waals surface area contributed by atoms with E-state index < -0.39 is 0 Å². The third-order valence-electron chi connectivity index (χ3n) is 3.55. The highest BCUT2D eigenvalue weighted by molar-refractivity contribution is 5.62. The van der Waals surface area contributed by atoms with Gasteiger partial charge in [0.1, 0.15) is 5.75 Å². The van der Waals surface area contributed by atoms with E-state index in [4.69, 9.17) is 4.74 Å².